The topological polar surface area (TPSA) is 51.3 Å². The van der Waals surface area contributed by atoms with E-state index in [1.807, 2.05) is 24.1 Å². The monoisotopic (exact) mass is 253 g/mol. The summed E-state index contributed by atoms with van der Waals surface area (Å²) in [6, 6.07) is 3.67. The van der Waals surface area contributed by atoms with Crippen LogP contribution in [-0.4, -0.2) is 16.8 Å². The molecule has 2 heterocycles. The van der Waals surface area contributed by atoms with Gasteiger partial charge >= 0.3 is 0 Å². The summed E-state index contributed by atoms with van der Waals surface area (Å²) in [5.74, 6) is 0.796. The number of halogens is 1. The number of hydrogen-bond donors (Lipinski definition) is 0. The summed E-state index contributed by atoms with van der Waals surface area (Å²) < 4.78 is 6.43. The summed E-state index contributed by atoms with van der Waals surface area (Å²) in [4.78, 5) is 13.4. The molecule has 0 aromatic carbocycles. The second kappa shape index (κ2) is 4.63. The molecular weight excluding hydrogens is 242 g/mol. The van der Waals surface area contributed by atoms with Crippen molar-refractivity contribution < 1.29 is 4.42 Å². The highest BCUT2D eigenvalue weighted by Crippen LogP contribution is 2.21. The first-order valence-electron chi connectivity index (χ1n) is 5.05. The molecule has 0 radical (unpaired) electrons. The molecule has 90 valence electrons. The van der Waals surface area contributed by atoms with Crippen molar-refractivity contribution in [1.29, 1.82) is 0 Å². The molecule has 0 N–H and O–H groups in total. The van der Waals surface area contributed by atoms with Crippen molar-refractivity contribution in [2.24, 2.45) is 7.05 Å². The van der Waals surface area contributed by atoms with Gasteiger partial charge in [0.2, 0.25) is 0 Å². The zero-order valence-electron chi connectivity index (χ0n) is 9.55. The summed E-state index contributed by atoms with van der Waals surface area (Å²) >= 11 is 5.99. The number of nitrogens with zero attached hydrogens (tertiary/aromatic N) is 3. The highest BCUT2D eigenvalue weighted by atomic mass is 35.5. The van der Waals surface area contributed by atoms with Crippen LogP contribution in [0.25, 0.3) is 0 Å². The van der Waals surface area contributed by atoms with E-state index < -0.39 is 0 Å². The Bertz CT molecular complexity index is 563. The first-order valence-corrected chi connectivity index (χ1v) is 5.42. The molecule has 2 aromatic rings. The van der Waals surface area contributed by atoms with Crippen molar-refractivity contribution in [2.45, 2.75) is 6.54 Å². The molecule has 6 heteroatoms. The van der Waals surface area contributed by atoms with E-state index in [0.717, 1.165) is 5.76 Å². The molecule has 0 fully saturated rings. The van der Waals surface area contributed by atoms with Gasteiger partial charge in [-0.1, -0.05) is 11.6 Å². The van der Waals surface area contributed by atoms with Crippen molar-refractivity contribution in [3.8, 4) is 0 Å². The number of rotatable bonds is 3. The van der Waals surface area contributed by atoms with Crippen molar-refractivity contribution in [3.05, 3.63) is 45.7 Å². The maximum Gasteiger partial charge on any atom is 0.287 e. The van der Waals surface area contributed by atoms with Gasteiger partial charge in [0, 0.05) is 14.1 Å². The quantitative estimate of drug-likeness (QED) is 0.835. The Morgan fingerprint density at radius 1 is 1.59 bits per heavy atom. The second-order valence-electron chi connectivity index (χ2n) is 3.71. The predicted molar refractivity (Wildman–Crippen MR) is 65.3 cm³/mol. The van der Waals surface area contributed by atoms with Crippen LogP contribution in [0.2, 0.25) is 5.02 Å². The van der Waals surface area contributed by atoms with Crippen LogP contribution in [-0.2, 0) is 13.6 Å². The minimum Gasteiger partial charge on any atom is -0.467 e. The maximum absolute atomic E-state index is 11.6. The average molecular weight is 254 g/mol. The summed E-state index contributed by atoms with van der Waals surface area (Å²) in [7, 11) is 3.38. The standard InChI is InChI=1S/C11H12ClN3O2/c1-14(7-8-4-3-5-17-8)9-6-13-15(2)11(16)10(9)12/h3-6H,7H2,1-2H3. The Kier molecular flexibility index (Phi) is 3.19. The van der Waals surface area contributed by atoms with Gasteiger partial charge in [0.05, 0.1) is 24.7 Å². The van der Waals surface area contributed by atoms with E-state index in [0.29, 0.717) is 12.2 Å². The van der Waals surface area contributed by atoms with Gasteiger partial charge in [-0.25, -0.2) is 4.68 Å². The Balaban J connectivity index is 2.28. The molecular formula is C11H12ClN3O2. The maximum atomic E-state index is 11.6. The van der Waals surface area contributed by atoms with Gasteiger partial charge in [-0.05, 0) is 12.1 Å². The molecule has 0 atom stereocenters. The number of aromatic nitrogens is 2. The van der Waals surface area contributed by atoms with E-state index in [4.69, 9.17) is 16.0 Å². The fraction of sp³-hybridized carbons (Fsp3) is 0.273. The van der Waals surface area contributed by atoms with E-state index >= 15 is 0 Å². The third-order valence-electron chi connectivity index (χ3n) is 2.44. The van der Waals surface area contributed by atoms with E-state index in [2.05, 4.69) is 5.10 Å². The van der Waals surface area contributed by atoms with Gasteiger partial charge in [-0.2, -0.15) is 5.10 Å². The smallest absolute Gasteiger partial charge is 0.287 e. The lowest BCUT2D eigenvalue weighted by Crippen LogP contribution is -2.25. The SMILES string of the molecule is CN(Cc1ccco1)c1cnn(C)c(=O)c1Cl. The van der Waals surface area contributed by atoms with Crippen LogP contribution in [0, 0.1) is 0 Å². The molecule has 0 spiro atoms. The van der Waals surface area contributed by atoms with Gasteiger partial charge in [-0.3, -0.25) is 4.79 Å². The van der Waals surface area contributed by atoms with E-state index in [1.165, 1.54) is 4.68 Å². The third kappa shape index (κ3) is 2.34. The summed E-state index contributed by atoms with van der Waals surface area (Å²) in [6.07, 6.45) is 3.17. The van der Waals surface area contributed by atoms with E-state index in [9.17, 15) is 4.79 Å². The number of hydrogen-bond acceptors (Lipinski definition) is 4. The second-order valence-corrected chi connectivity index (χ2v) is 4.09. The van der Waals surface area contributed by atoms with Gasteiger partial charge < -0.3 is 9.32 Å². The Morgan fingerprint density at radius 3 is 3.00 bits per heavy atom. The van der Waals surface area contributed by atoms with E-state index in [1.54, 1.807) is 19.5 Å². The molecule has 0 aliphatic carbocycles. The van der Waals surface area contributed by atoms with Crippen molar-refractivity contribution >= 4 is 17.3 Å². The molecule has 0 amide bonds. The lowest BCUT2D eigenvalue weighted by Gasteiger charge is -2.18. The third-order valence-corrected chi connectivity index (χ3v) is 2.80. The lowest BCUT2D eigenvalue weighted by molar-refractivity contribution is 0.507. The van der Waals surface area contributed by atoms with Crippen LogP contribution in [0.1, 0.15) is 5.76 Å². The molecule has 0 bridgehead atoms. The molecule has 0 aliphatic rings. The average Bonchev–Trinajstić information content (AvgIpc) is 2.78. The molecule has 5 nitrogen and oxygen atoms in total. The highest BCUT2D eigenvalue weighted by molar-refractivity contribution is 6.32. The highest BCUT2D eigenvalue weighted by Gasteiger charge is 2.12. The zero-order valence-corrected chi connectivity index (χ0v) is 10.3. The fourth-order valence-electron chi connectivity index (χ4n) is 1.49. The van der Waals surface area contributed by atoms with Crippen LogP contribution < -0.4 is 10.5 Å². The normalized spacial score (nSPS) is 10.5. The summed E-state index contributed by atoms with van der Waals surface area (Å²) in [5, 5.41) is 4.10. The minimum atomic E-state index is -0.310. The number of anilines is 1. The summed E-state index contributed by atoms with van der Waals surface area (Å²) in [5.41, 5.74) is 0.279. The first-order chi connectivity index (χ1) is 8.09. The van der Waals surface area contributed by atoms with Gasteiger partial charge in [0.15, 0.2) is 0 Å². The Hall–Kier alpha value is -1.75. The van der Waals surface area contributed by atoms with E-state index in [-0.39, 0.29) is 10.6 Å². The van der Waals surface area contributed by atoms with Crippen LogP contribution in [0.15, 0.2) is 33.8 Å². The van der Waals surface area contributed by atoms with Crippen LogP contribution in [0.3, 0.4) is 0 Å². The van der Waals surface area contributed by atoms with Crippen LogP contribution >= 0.6 is 11.6 Å². The molecule has 0 unspecified atom stereocenters. The molecule has 0 saturated carbocycles. The van der Waals surface area contributed by atoms with Gasteiger partial charge in [0.25, 0.3) is 5.56 Å². The fourth-order valence-corrected chi connectivity index (χ4v) is 1.81. The van der Waals surface area contributed by atoms with Gasteiger partial charge in [-0.15, -0.1) is 0 Å². The zero-order chi connectivity index (χ0) is 12.4. The number of furan rings is 1. The molecule has 0 saturated heterocycles. The largest absolute Gasteiger partial charge is 0.467 e. The first kappa shape index (κ1) is 11.7. The van der Waals surface area contributed by atoms with Crippen molar-refractivity contribution in [2.75, 3.05) is 11.9 Å². The van der Waals surface area contributed by atoms with Crippen LogP contribution in [0.4, 0.5) is 5.69 Å². The Labute approximate surface area is 103 Å². The molecule has 17 heavy (non-hydrogen) atoms. The molecule has 2 rings (SSSR count). The van der Waals surface area contributed by atoms with Gasteiger partial charge in [0.1, 0.15) is 10.8 Å². The predicted octanol–water partition coefficient (Wildman–Crippen LogP) is 1.66. The number of aryl methyl sites for hydroxylation is 1. The minimum absolute atomic E-state index is 0.163. The van der Waals surface area contributed by atoms with Crippen LogP contribution in [0.5, 0.6) is 0 Å². The molecule has 2 aromatic heterocycles. The lowest BCUT2D eigenvalue weighted by atomic mass is 10.3. The molecule has 0 aliphatic heterocycles. The van der Waals surface area contributed by atoms with Crippen molar-refractivity contribution in [1.82, 2.24) is 9.78 Å². The Morgan fingerprint density at radius 2 is 2.35 bits per heavy atom. The summed E-state index contributed by atoms with van der Waals surface area (Å²) in [6.45, 7) is 0.529. The van der Waals surface area contributed by atoms with Crippen molar-refractivity contribution in [3.63, 3.8) is 0 Å².